The topological polar surface area (TPSA) is 56.2 Å². The molecule has 0 atom stereocenters. The predicted octanol–water partition coefficient (Wildman–Crippen LogP) is 5.31. The van der Waals surface area contributed by atoms with Crippen LogP contribution in [-0.4, -0.2) is 22.8 Å². The molecule has 0 spiro atoms. The Labute approximate surface area is 180 Å². The Kier molecular flexibility index (Phi) is 5.80. The molecule has 0 saturated heterocycles. The second-order valence-corrected chi connectivity index (χ2v) is 7.24. The fraction of sp³-hybridized carbons (Fsp3) is 0.120. The van der Waals surface area contributed by atoms with Crippen LogP contribution in [0.5, 0.6) is 5.75 Å². The van der Waals surface area contributed by atoms with Crippen LogP contribution in [0.3, 0.4) is 0 Å². The second-order valence-electron chi connectivity index (χ2n) is 7.24. The number of methoxy groups -OCH3 is 1. The van der Waals surface area contributed by atoms with Gasteiger partial charge in [0.05, 0.1) is 24.9 Å². The van der Waals surface area contributed by atoms with Crippen molar-refractivity contribution in [3.05, 3.63) is 102 Å². The fourth-order valence-corrected chi connectivity index (χ4v) is 3.33. The Bertz CT molecular complexity index is 1200. The minimum Gasteiger partial charge on any atom is -0.497 e. The number of nitrogens with one attached hydrogen (secondary N) is 1. The number of benzene rings is 3. The van der Waals surface area contributed by atoms with Crippen LogP contribution in [-0.2, 0) is 6.54 Å². The molecule has 0 radical (unpaired) electrons. The first-order valence-electron chi connectivity index (χ1n) is 9.87. The monoisotopic (exact) mass is 415 g/mol. The van der Waals surface area contributed by atoms with E-state index in [0.717, 1.165) is 16.7 Å². The van der Waals surface area contributed by atoms with E-state index in [1.165, 1.54) is 6.07 Å². The van der Waals surface area contributed by atoms with E-state index in [-0.39, 0.29) is 5.69 Å². The first kappa shape index (κ1) is 20.3. The third-order valence-electron chi connectivity index (χ3n) is 4.93. The summed E-state index contributed by atoms with van der Waals surface area (Å²) in [7, 11) is 1.60. The van der Waals surface area contributed by atoms with Crippen LogP contribution in [0.15, 0.2) is 79.0 Å². The molecule has 31 heavy (non-hydrogen) atoms. The van der Waals surface area contributed by atoms with Crippen molar-refractivity contribution < 1.29 is 13.9 Å². The molecule has 6 heteroatoms. The van der Waals surface area contributed by atoms with E-state index in [9.17, 15) is 9.18 Å². The molecule has 0 aliphatic rings. The van der Waals surface area contributed by atoms with Crippen molar-refractivity contribution in [1.29, 1.82) is 0 Å². The van der Waals surface area contributed by atoms with E-state index < -0.39 is 11.7 Å². The zero-order valence-electron chi connectivity index (χ0n) is 17.3. The number of aryl methyl sites for hydroxylation is 1. The lowest BCUT2D eigenvalue weighted by Gasteiger charge is -2.08. The SMILES string of the molecule is COc1ccc(-c2nn(Cc3ccccc3)cc2C(=O)Nc2cc(C)ccc2F)cc1. The number of amides is 1. The molecule has 1 amide bonds. The van der Waals surface area contributed by atoms with E-state index in [2.05, 4.69) is 10.4 Å². The zero-order chi connectivity index (χ0) is 21.8. The van der Waals surface area contributed by atoms with Crippen molar-refractivity contribution >= 4 is 11.6 Å². The van der Waals surface area contributed by atoms with E-state index >= 15 is 0 Å². The van der Waals surface area contributed by atoms with Gasteiger partial charge in [0.1, 0.15) is 17.3 Å². The molecule has 3 aromatic carbocycles. The summed E-state index contributed by atoms with van der Waals surface area (Å²) < 4.78 is 21.1. The summed E-state index contributed by atoms with van der Waals surface area (Å²) in [6.45, 7) is 2.35. The Hall–Kier alpha value is -3.93. The van der Waals surface area contributed by atoms with Crippen LogP contribution < -0.4 is 10.1 Å². The number of carbonyl (C=O) groups is 1. The molecule has 1 aromatic heterocycles. The average molecular weight is 415 g/mol. The van der Waals surface area contributed by atoms with Gasteiger partial charge in [0.25, 0.3) is 5.91 Å². The minimum atomic E-state index is -0.485. The van der Waals surface area contributed by atoms with Crippen LogP contribution >= 0.6 is 0 Å². The summed E-state index contributed by atoms with van der Waals surface area (Å²) in [6, 6.07) is 21.8. The maximum atomic E-state index is 14.2. The quantitative estimate of drug-likeness (QED) is 0.465. The molecule has 1 N–H and O–H groups in total. The Balaban J connectivity index is 1.71. The van der Waals surface area contributed by atoms with Crippen LogP contribution in [0.4, 0.5) is 10.1 Å². The number of ether oxygens (including phenoxy) is 1. The van der Waals surface area contributed by atoms with Gasteiger partial charge in [-0.1, -0.05) is 36.4 Å². The number of hydrogen-bond acceptors (Lipinski definition) is 3. The molecule has 0 saturated carbocycles. The van der Waals surface area contributed by atoms with E-state index in [1.807, 2.05) is 61.5 Å². The molecule has 0 bridgehead atoms. The molecule has 0 aliphatic heterocycles. The van der Waals surface area contributed by atoms with Crippen molar-refractivity contribution in [2.75, 3.05) is 12.4 Å². The number of carbonyl (C=O) groups excluding carboxylic acids is 1. The summed E-state index contributed by atoms with van der Waals surface area (Å²) in [5, 5.41) is 7.34. The molecule has 0 fully saturated rings. The lowest BCUT2D eigenvalue weighted by molar-refractivity contribution is 0.102. The third-order valence-corrected chi connectivity index (χ3v) is 4.93. The third kappa shape index (κ3) is 4.64. The van der Waals surface area contributed by atoms with E-state index in [1.54, 1.807) is 30.1 Å². The highest BCUT2D eigenvalue weighted by Gasteiger charge is 2.19. The van der Waals surface area contributed by atoms with E-state index in [0.29, 0.717) is 23.6 Å². The van der Waals surface area contributed by atoms with Gasteiger partial charge in [0.2, 0.25) is 0 Å². The maximum absolute atomic E-state index is 14.2. The standard InChI is InChI=1S/C25H22FN3O2/c1-17-8-13-22(26)23(14-17)27-25(30)21-16-29(15-18-6-4-3-5-7-18)28-24(21)19-9-11-20(31-2)12-10-19/h3-14,16H,15H2,1-2H3,(H,27,30). The summed E-state index contributed by atoms with van der Waals surface area (Å²) in [4.78, 5) is 13.1. The molecular formula is C25H22FN3O2. The second kappa shape index (κ2) is 8.83. The lowest BCUT2D eigenvalue weighted by atomic mass is 10.1. The lowest BCUT2D eigenvalue weighted by Crippen LogP contribution is -2.13. The van der Waals surface area contributed by atoms with Crippen molar-refractivity contribution in [2.24, 2.45) is 0 Å². The molecule has 0 unspecified atom stereocenters. The van der Waals surface area contributed by atoms with Crippen molar-refractivity contribution in [1.82, 2.24) is 9.78 Å². The Morgan fingerprint density at radius 1 is 1.06 bits per heavy atom. The molecular weight excluding hydrogens is 393 g/mol. The summed E-state index contributed by atoms with van der Waals surface area (Å²) in [5.41, 5.74) is 3.70. The van der Waals surface area contributed by atoms with Gasteiger partial charge in [-0.15, -0.1) is 0 Å². The molecule has 1 heterocycles. The van der Waals surface area contributed by atoms with Crippen LogP contribution in [0, 0.1) is 12.7 Å². The van der Waals surface area contributed by atoms with Crippen LogP contribution in [0.25, 0.3) is 11.3 Å². The number of nitrogens with zero attached hydrogens (tertiary/aromatic N) is 2. The van der Waals surface area contributed by atoms with Gasteiger partial charge < -0.3 is 10.1 Å². The number of anilines is 1. The van der Waals surface area contributed by atoms with Crippen molar-refractivity contribution in [2.45, 2.75) is 13.5 Å². The summed E-state index contributed by atoms with van der Waals surface area (Å²) in [5.74, 6) is -0.198. The number of hydrogen-bond donors (Lipinski definition) is 1. The van der Waals surface area contributed by atoms with Gasteiger partial charge in [-0.05, 0) is 54.4 Å². The Morgan fingerprint density at radius 2 is 1.81 bits per heavy atom. The van der Waals surface area contributed by atoms with Gasteiger partial charge >= 0.3 is 0 Å². The average Bonchev–Trinajstić information content (AvgIpc) is 3.21. The van der Waals surface area contributed by atoms with Crippen molar-refractivity contribution in [3.8, 4) is 17.0 Å². The molecule has 5 nitrogen and oxygen atoms in total. The minimum absolute atomic E-state index is 0.140. The van der Waals surface area contributed by atoms with Crippen molar-refractivity contribution in [3.63, 3.8) is 0 Å². The number of rotatable bonds is 6. The van der Waals surface area contributed by atoms with Gasteiger partial charge in [0.15, 0.2) is 0 Å². The smallest absolute Gasteiger partial charge is 0.259 e. The molecule has 4 aromatic rings. The van der Waals surface area contributed by atoms with Gasteiger partial charge in [0, 0.05) is 11.8 Å². The predicted molar refractivity (Wildman–Crippen MR) is 119 cm³/mol. The number of halogens is 1. The number of aromatic nitrogens is 2. The normalized spacial score (nSPS) is 10.7. The molecule has 156 valence electrons. The van der Waals surface area contributed by atoms with E-state index in [4.69, 9.17) is 4.74 Å². The van der Waals surface area contributed by atoms with Crippen LogP contribution in [0.2, 0.25) is 0 Å². The summed E-state index contributed by atoms with van der Waals surface area (Å²) in [6.07, 6.45) is 1.69. The highest BCUT2D eigenvalue weighted by molar-refractivity contribution is 6.08. The Morgan fingerprint density at radius 3 is 2.52 bits per heavy atom. The molecule has 4 rings (SSSR count). The van der Waals surface area contributed by atoms with Gasteiger partial charge in [-0.2, -0.15) is 5.10 Å². The largest absolute Gasteiger partial charge is 0.497 e. The zero-order valence-corrected chi connectivity index (χ0v) is 17.3. The van der Waals surface area contributed by atoms with Crippen LogP contribution in [0.1, 0.15) is 21.5 Å². The maximum Gasteiger partial charge on any atom is 0.259 e. The van der Waals surface area contributed by atoms with Gasteiger partial charge in [-0.3, -0.25) is 9.48 Å². The first-order valence-corrected chi connectivity index (χ1v) is 9.87. The molecule has 0 aliphatic carbocycles. The summed E-state index contributed by atoms with van der Waals surface area (Å²) >= 11 is 0. The highest BCUT2D eigenvalue weighted by Crippen LogP contribution is 2.26. The first-order chi connectivity index (χ1) is 15.0. The highest BCUT2D eigenvalue weighted by atomic mass is 19.1. The fourth-order valence-electron chi connectivity index (χ4n) is 3.33. The van der Waals surface area contributed by atoms with Gasteiger partial charge in [-0.25, -0.2) is 4.39 Å².